The van der Waals surface area contributed by atoms with Gasteiger partial charge in [0, 0.05) is 30.2 Å². The van der Waals surface area contributed by atoms with Gasteiger partial charge in [-0.1, -0.05) is 6.07 Å². The normalized spacial score (nSPS) is 13.3. The lowest BCUT2D eigenvalue weighted by Gasteiger charge is -2.14. The summed E-state index contributed by atoms with van der Waals surface area (Å²) < 4.78 is 1.31. The summed E-state index contributed by atoms with van der Waals surface area (Å²) in [5.74, 6) is -0.207. The molecule has 8 nitrogen and oxygen atoms in total. The van der Waals surface area contributed by atoms with Crippen LogP contribution in [0, 0.1) is 0 Å². The highest BCUT2D eigenvalue weighted by Gasteiger charge is 2.32. The van der Waals surface area contributed by atoms with Gasteiger partial charge in [-0.2, -0.15) is 9.61 Å². The zero-order valence-electron chi connectivity index (χ0n) is 14.2. The molecule has 0 aromatic carbocycles. The highest BCUT2D eigenvalue weighted by atomic mass is 16.2. The Morgan fingerprint density at radius 3 is 2.70 bits per heavy atom. The van der Waals surface area contributed by atoms with E-state index in [1.165, 1.54) is 4.52 Å². The second-order valence-corrected chi connectivity index (χ2v) is 6.33. The van der Waals surface area contributed by atoms with Crippen LogP contribution in [0.1, 0.15) is 21.7 Å². The van der Waals surface area contributed by atoms with Crippen LogP contribution in [0.3, 0.4) is 0 Å². The van der Waals surface area contributed by atoms with Crippen molar-refractivity contribution in [2.45, 2.75) is 13.1 Å². The molecule has 0 fully saturated rings. The first-order chi connectivity index (χ1) is 13.2. The zero-order chi connectivity index (χ0) is 18.4. The van der Waals surface area contributed by atoms with E-state index in [2.05, 4.69) is 20.1 Å². The van der Waals surface area contributed by atoms with Crippen LogP contribution in [0.4, 0.5) is 0 Å². The van der Waals surface area contributed by atoms with Gasteiger partial charge < -0.3 is 9.88 Å². The molecule has 5 rings (SSSR count). The maximum absolute atomic E-state index is 12.9. The highest BCUT2D eigenvalue weighted by Crippen LogP contribution is 2.22. The molecule has 5 heterocycles. The number of hydrogen-bond acceptors (Lipinski definition) is 5. The monoisotopic (exact) mass is 358 g/mol. The van der Waals surface area contributed by atoms with Crippen molar-refractivity contribution < 1.29 is 4.79 Å². The minimum Gasteiger partial charge on any atom is -0.335 e. The van der Waals surface area contributed by atoms with Gasteiger partial charge in [-0.3, -0.25) is 19.6 Å². The first-order valence-corrected chi connectivity index (χ1v) is 8.45. The number of amides is 1. The molecule has 27 heavy (non-hydrogen) atoms. The fourth-order valence-corrected chi connectivity index (χ4v) is 3.29. The standard InChI is InChI=1S/C19H14N6O2/c26-18-14-11-24(10-13-3-1-2-6-21-13)19(27)17(14)22-16-9-15(23-25(16)18)12-4-7-20-8-5-12/h1-9,22H,10-11H2. The minimum absolute atomic E-state index is 0.207. The molecule has 1 aliphatic rings. The summed E-state index contributed by atoms with van der Waals surface area (Å²) in [6.45, 7) is 0.590. The maximum Gasteiger partial charge on any atom is 0.280 e. The van der Waals surface area contributed by atoms with E-state index in [0.29, 0.717) is 29.1 Å². The molecule has 132 valence electrons. The Bertz CT molecular complexity index is 1210. The van der Waals surface area contributed by atoms with Crippen LogP contribution in [-0.2, 0) is 13.1 Å². The van der Waals surface area contributed by atoms with E-state index >= 15 is 0 Å². The average Bonchev–Trinajstić information content (AvgIpc) is 3.27. The number of pyridine rings is 2. The average molecular weight is 358 g/mol. The summed E-state index contributed by atoms with van der Waals surface area (Å²) in [5.41, 5.74) is 3.22. The van der Waals surface area contributed by atoms with Gasteiger partial charge >= 0.3 is 0 Å². The van der Waals surface area contributed by atoms with E-state index in [0.717, 1.165) is 11.3 Å². The highest BCUT2D eigenvalue weighted by molar-refractivity contribution is 5.96. The third-order valence-electron chi connectivity index (χ3n) is 4.62. The summed E-state index contributed by atoms with van der Waals surface area (Å²) in [6, 6.07) is 10.9. The van der Waals surface area contributed by atoms with Crippen LogP contribution in [-0.4, -0.2) is 35.4 Å². The predicted molar refractivity (Wildman–Crippen MR) is 96.9 cm³/mol. The molecule has 0 atom stereocenters. The summed E-state index contributed by atoms with van der Waals surface area (Å²) in [6.07, 6.45) is 5.02. The van der Waals surface area contributed by atoms with Crippen LogP contribution >= 0.6 is 0 Å². The molecule has 1 aliphatic heterocycles. The number of fused-ring (bicyclic) bond motifs is 2. The Morgan fingerprint density at radius 1 is 1.07 bits per heavy atom. The molecule has 0 radical (unpaired) electrons. The number of hydrogen-bond donors (Lipinski definition) is 1. The Kier molecular flexibility index (Phi) is 3.36. The molecular formula is C19H14N6O2. The van der Waals surface area contributed by atoms with Gasteiger partial charge in [0.2, 0.25) is 0 Å². The summed E-state index contributed by atoms with van der Waals surface area (Å²) in [7, 11) is 0. The van der Waals surface area contributed by atoms with Gasteiger partial charge in [0.25, 0.3) is 11.5 Å². The van der Waals surface area contributed by atoms with Gasteiger partial charge in [-0.15, -0.1) is 0 Å². The molecule has 1 N–H and O–H groups in total. The van der Waals surface area contributed by atoms with Crippen molar-refractivity contribution in [2.75, 3.05) is 0 Å². The summed E-state index contributed by atoms with van der Waals surface area (Å²) in [4.78, 5) is 38.6. The van der Waals surface area contributed by atoms with Gasteiger partial charge in [-0.25, -0.2) is 0 Å². The first kappa shape index (κ1) is 15.4. The van der Waals surface area contributed by atoms with Crippen molar-refractivity contribution >= 4 is 11.6 Å². The molecule has 8 heteroatoms. The van der Waals surface area contributed by atoms with Crippen molar-refractivity contribution in [3.05, 3.63) is 82.3 Å². The molecule has 4 aromatic rings. The van der Waals surface area contributed by atoms with Crippen molar-refractivity contribution in [1.82, 2.24) is 29.5 Å². The van der Waals surface area contributed by atoms with E-state index in [-0.39, 0.29) is 18.0 Å². The number of H-pyrrole nitrogens is 1. The zero-order valence-corrected chi connectivity index (χ0v) is 14.2. The Labute approximate surface area is 153 Å². The van der Waals surface area contributed by atoms with Gasteiger partial charge in [0.05, 0.1) is 30.0 Å². The van der Waals surface area contributed by atoms with Crippen LogP contribution in [0.5, 0.6) is 0 Å². The molecule has 0 saturated carbocycles. The number of aromatic amines is 1. The lowest BCUT2D eigenvalue weighted by atomic mass is 10.2. The summed E-state index contributed by atoms with van der Waals surface area (Å²) in [5, 5.41) is 4.40. The van der Waals surface area contributed by atoms with Crippen LogP contribution in [0.15, 0.2) is 59.8 Å². The maximum atomic E-state index is 12.9. The predicted octanol–water partition coefficient (Wildman–Crippen LogP) is 1.64. The number of aromatic nitrogens is 5. The lowest BCUT2D eigenvalue weighted by Crippen LogP contribution is -2.24. The van der Waals surface area contributed by atoms with Crippen LogP contribution in [0.25, 0.3) is 16.9 Å². The number of nitrogens with zero attached hydrogens (tertiary/aromatic N) is 5. The first-order valence-electron chi connectivity index (χ1n) is 8.45. The molecule has 0 spiro atoms. The topological polar surface area (TPSA) is 96.2 Å². The number of carbonyl (C=O) groups is 1. The molecule has 0 saturated heterocycles. The summed E-state index contributed by atoms with van der Waals surface area (Å²) >= 11 is 0. The largest absolute Gasteiger partial charge is 0.335 e. The molecule has 0 aliphatic carbocycles. The second-order valence-electron chi connectivity index (χ2n) is 6.33. The van der Waals surface area contributed by atoms with Crippen molar-refractivity contribution in [3.8, 4) is 11.3 Å². The smallest absolute Gasteiger partial charge is 0.280 e. The number of nitrogens with one attached hydrogen (secondary N) is 1. The van der Waals surface area contributed by atoms with Crippen molar-refractivity contribution in [3.63, 3.8) is 0 Å². The SMILES string of the molecule is O=C1c2[nH]c3cc(-c4ccncc4)nn3c(=O)c2CN1Cc1ccccn1. The van der Waals surface area contributed by atoms with E-state index < -0.39 is 0 Å². The third-order valence-corrected chi connectivity index (χ3v) is 4.62. The molecule has 4 aromatic heterocycles. The van der Waals surface area contributed by atoms with Gasteiger partial charge in [-0.05, 0) is 24.3 Å². The number of carbonyl (C=O) groups excluding carboxylic acids is 1. The lowest BCUT2D eigenvalue weighted by molar-refractivity contribution is 0.0760. The fourth-order valence-electron chi connectivity index (χ4n) is 3.29. The van der Waals surface area contributed by atoms with E-state index in [9.17, 15) is 9.59 Å². The molecule has 0 unspecified atom stereocenters. The quantitative estimate of drug-likeness (QED) is 0.600. The Balaban J connectivity index is 1.55. The van der Waals surface area contributed by atoms with Crippen molar-refractivity contribution in [2.24, 2.45) is 0 Å². The second kappa shape index (κ2) is 5.87. The fraction of sp³-hybridized carbons (Fsp3) is 0.105. The van der Waals surface area contributed by atoms with Crippen LogP contribution in [0.2, 0.25) is 0 Å². The number of rotatable bonds is 3. The molecular weight excluding hydrogens is 344 g/mol. The Morgan fingerprint density at radius 2 is 1.93 bits per heavy atom. The molecule has 0 bridgehead atoms. The van der Waals surface area contributed by atoms with Gasteiger partial charge in [0.15, 0.2) is 0 Å². The Hall–Kier alpha value is -3.81. The van der Waals surface area contributed by atoms with Crippen LogP contribution < -0.4 is 5.56 Å². The van der Waals surface area contributed by atoms with E-state index in [1.54, 1.807) is 29.6 Å². The third kappa shape index (κ3) is 2.50. The molecule has 1 amide bonds. The van der Waals surface area contributed by atoms with Gasteiger partial charge in [0.1, 0.15) is 11.3 Å². The minimum atomic E-state index is -0.282. The van der Waals surface area contributed by atoms with E-state index in [4.69, 9.17) is 0 Å². The van der Waals surface area contributed by atoms with Crippen molar-refractivity contribution in [1.29, 1.82) is 0 Å². The van der Waals surface area contributed by atoms with E-state index in [1.807, 2.05) is 30.3 Å².